The first-order valence-corrected chi connectivity index (χ1v) is 7.23. The van der Waals surface area contributed by atoms with Gasteiger partial charge in [-0.2, -0.15) is 0 Å². The van der Waals surface area contributed by atoms with Crippen molar-refractivity contribution in [1.29, 1.82) is 0 Å². The van der Waals surface area contributed by atoms with Crippen LogP contribution in [0.4, 0.5) is 5.69 Å². The molecular weight excluding hydrogens is 268 g/mol. The normalized spacial score (nSPS) is 9.75. The number of anilines is 1. The maximum Gasteiger partial charge on any atom is 0.142 e. The van der Waals surface area contributed by atoms with Crippen LogP contribution < -0.4 is 15.4 Å². The van der Waals surface area contributed by atoms with Crippen LogP contribution in [0.15, 0.2) is 35.7 Å². The second kappa shape index (κ2) is 6.99. The lowest BCUT2D eigenvalue weighted by Crippen LogP contribution is -2.16. The van der Waals surface area contributed by atoms with Gasteiger partial charge in [0.15, 0.2) is 0 Å². The minimum Gasteiger partial charge on any atom is -0.495 e. The first-order valence-electron chi connectivity index (χ1n) is 6.35. The van der Waals surface area contributed by atoms with Crippen molar-refractivity contribution in [3.8, 4) is 17.6 Å². The highest BCUT2D eigenvalue weighted by Crippen LogP contribution is 2.28. The summed E-state index contributed by atoms with van der Waals surface area (Å²) in [5.41, 5.74) is 7.49. The largest absolute Gasteiger partial charge is 0.495 e. The van der Waals surface area contributed by atoms with Crippen molar-refractivity contribution in [3.63, 3.8) is 0 Å². The van der Waals surface area contributed by atoms with Gasteiger partial charge in [0.1, 0.15) is 5.75 Å². The van der Waals surface area contributed by atoms with Crippen LogP contribution in [-0.2, 0) is 6.54 Å². The fourth-order valence-corrected chi connectivity index (χ4v) is 2.81. The molecule has 104 valence electrons. The Labute approximate surface area is 124 Å². The minimum atomic E-state index is 0.395. The summed E-state index contributed by atoms with van der Waals surface area (Å²) in [7, 11) is 3.75. The zero-order valence-corrected chi connectivity index (χ0v) is 12.5. The molecule has 20 heavy (non-hydrogen) atoms. The molecule has 0 saturated heterocycles. The number of benzene rings is 1. The summed E-state index contributed by atoms with van der Waals surface area (Å²) in [5.74, 6) is 6.81. The maximum atomic E-state index is 5.39. The van der Waals surface area contributed by atoms with Gasteiger partial charge in [-0.1, -0.05) is 24.0 Å². The van der Waals surface area contributed by atoms with Gasteiger partial charge in [-0.3, -0.25) is 0 Å². The van der Waals surface area contributed by atoms with Crippen LogP contribution >= 0.6 is 11.3 Å². The fourth-order valence-electron chi connectivity index (χ4n) is 1.95. The number of thiophene rings is 1. The molecule has 0 aliphatic carbocycles. The molecule has 1 heterocycles. The molecule has 1 aromatic heterocycles. The summed E-state index contributed by atoms with van der Waals surface area (Å²) < 4.78 is 5.39. The SMILES string of the molecule is COc1ccccc1N(C)Cc1cc(C#CCN)cs1. The first-order chi connectivity index (χ1) is 9.74. The van der Waals surface area contributed by atoms with E-state index in [0.717, 1.165) is 23.5 Å². The Morgan fingerprint density at radius 2 is 2.15 bits per heavy atom. The number of ether oxygens (including phenoxy) is 1. The average molecular weight is 286 g/mol. The Hall–Kier alpha value is -1.96. The molecule has 0 spiro atoms. The molecule has 0 fully saturated rings. The summed E-state index contributed by atoms with van der Waals surface area (Å²) in [6, 6.07) is 10.1. The van der Waals surface area contributed by atoms with Crippen LogP contribution in [0.25, 0.3) is 0 Å². The van der Waals surface area contributed by atoms with Crippen molar-refractivity contribution in [2.45, 2.75) is 6.54 Å². The number of para-hydroxylation sites is 2. The zero-order chi connectivity index (χ0) is 14.4. The third kappa shape index (κ3) is 3.53. The molecule has 0 aliphatic heterocycles. The van der Waals surface area contributed by atoms with Crippen molar-refractivity contribution in [3.05, 3.63) is 46.2 Å². The third-order valence-electron chi connectivity index (χ3n) is 2.88. The van der Waals surface area contributed by atoms with Crippen LogP contribution in [-0.4, -0.2) is 20.7 Å². The van der Waals surface area contributed by atoms with E-state index in [-0.39, 0.29) is 0 Å². The summed E-state index contributed by atoms with van der Waals surface area (Å²) in [6.07, 6.45) is 0. The van der Waals surface area contributed by atoms with Crippen molar-refractivity contribution in [2.75, 3.05) is 25.6 Å². The third-order valence-corrected chi connectivity index (χ3v) is 3.80. The molecule has 3 nitrogen and oxygen atoms in total. The molecule has 2 aromatic rings. The molecule has 0 atom stereocenters. The fraction of sp³-hybridized carbons (Fsp3) is 0.250. The molecule has 2 rings (SSSR count). The van der Waals surface area contributed by atoms with E-state index in [9.17, 15) is 0 Å². The minimum absolute atomic E-state index is 0.395. The van der Waals surface area contributed by atoms with E-state index in [1.165, 1.54) is 4.88 Å². The smallest absolute Gasteiger partial charge is 0.142 e. The van der Waals surface area contributed by atoms with Gasteiger partial charge in [-0.25, -0.2) is 0 Å². The van der Waals surface area contributed by atoms with Crippen LogP contribution in [0.1, 0.15) is 10.4 Å². The predicted molar refractivity (Wildman–Crippen MR) is 85.4 cm³/mol. The van der Waals surface area contributed by atoms with Crippen molar-refractivity contribution < 1.29 is 4.74 Å². The monoisotopic (exact) mass is 286 g/mol. The van der Waals surface area contributed by atoms with E-state index >= 15 is 0 Å². The summed E-state index contributed by atoms with van der Waals surface area (Å²) in [5, 5.41) is 2.06. The Morgan fingerprint density at radius 3 is 2.90 bits per heavy atom. The zero-order valence-electron chi connectivity index (χ0n) is 11.7. The Kier molecular flexibility index (Phi) is 5.05. The molecule has 0 saturated carbocycles. The highest BCUT2D eigenvalue weighted by atomic mass is 32.1. The quantitative estimate of drug-likeness (QED) is 0.878. The van der Waals surface area contributed by atoms with E-state index in [4.69, 9.17) is 10.5 Å². The Bertz CT molecular complexity index is 625. The number of nitrogens with two attached hydrogens (primary N) is 1. The molecule has 0 amide bonds. The van der Waals surface area contributed by atoms with Crippen LogP contribution in [0.5, 0.6) is 5.75 Å². The number of hydrogen-bond donors (Lipinski definition) is 1. The van der Waals surface area contributed by atoms with Gasteiger partial charge in [0.25, 0.3) is 0 Å². The van der Waals surface area contributed by atoms with Crippen LogP contribution in [0.3, 0.4) is 0 Å². The highest BCUT2D eigenvalue weighted by molar-refractivity contribution is 7.10. The Balaban J connectivity index is 2.11. The second-order valence-corrected chi connectivity index (χ2v) is 5.33. The number of hydrogen-bond acceptors (Lipinski definition) is 4. The van der Waals surface area contributed by atoms with E-state index in [0.29, 0.717) is 6.54 Å². The predicted octanol–water partition coefficient (Wildman–Crippen LogP) is 2.70. The molecule has 0 unspecified atom stereocenters. The lowest BCUT2D eigenvalue weighted by molar-refractivity contribution is 0.415. The van der Waals surface area contributed by atoms with Gasteiger partial charge in [0, 0.05) is 22.9 Å². The lowest BCUT2D eigenvalue weighted by atomic mass is 10.2. The topological polar surface area (TPSA) is 38.5 Å². The van der Waals surface area contributed by atoms with E-state index in [1.807, 2.05) is 18.2 Å². The first kappa shape index (κ1) is 14.4. The summed E-state index contributed by atoms with van der Waals surface area (Å²) in [6.45, 7) is 1.22. The van der Waals surface area contributed by atoms with E-state index in [1.54, 1.807) is 18.4 Å². The van der Waals surface area contributed by atoms with E-state index in [2.05, 4.69) is 41.3 Å². The molecule has 0 aliphatic rings. The average Bonchev–Trinajstić information content (AvgIpc) is 2.92. The maximum absolute atomic E-state index is 5.39. The number of nitrogens with zero attached hydrogens (tertiary/aromatic N) is 1. The van der Waals surface area contributed by atoms with Gasteiger partial charge in [0.2, 0.25) is 0 Å². The number of methoxy groups -OCH3 is 1. The van der Waals surface area contributed by atoms with Crippen molar-refractivity contribution >= 4 is 17.0 Å². The van der Waals surface area contributed by atoms with E-state index < -0.39 is 0 Å². The van der Waals surface area contributed by atoms with Gasteiger partial charge < -0.3 is 15.4 Å². The van der Waals surface area contributed by atoms with Gasteiger partial charge >= 0.3 is 0 Å². The molecule has 0 radical (unpaired) electrons. The molecule has 4 heteroatoms. The van der Waals surface area contributed by atoms with Gasteiger partial charge in [-0.05, 0) is 18.2 Å². The molecular formula is C16H18N2OS. The molecule has 2 N–H and O–H groups in total. The van der Waals surface area contributed by atoms with Gasteiger partial charge in [0.05, 0.1) is 25.9 Å². The van der Waals surface area contributed by atoms with Crippen molar-refractivity contribution in [2.24, 2.45) is 5.73 Å². The lowest BCUT2D eigenvalue weighted by Gasteiger charge is -2.20. The second-order valence-electron chi connectivity index (χ2n) is 4.34. The highest BCUT2D eigenvalue weighted by Gasteiger charge is 2.08. The summed E-state index contributed by atoms with van der Waals surface area (Å²) in [4.78, 5) is 3.44. The molecule has 0 bridgehead atoms. The van der Waals surface area contributed by atoms with Crippen LogP contribution in [0, 0.1) is 11.8 Å². The Morgan fingerprint density at radius 1 is 1.35 bits per heavy atom. The molecule has 1 aromatic carbocycles. The summed E-state index contributed by atoms with van der Waals surface area (Å²) >= 11 is 1.71. The standard InChI is InChI=1S/C16H18N2OS/c1-18(15-7-3-4-8-16(15)19-2)11-14-10-13(12-20-14)6-5-9-17/h3-4,7-8,10,12H,9,11,17H2,1-2H3. The van der Waals surface area contributed by atoms with Crippen LogP contribution in [0.2, 0.25) is 0 Å². The van der Waals surface area contributed by atoms with Gasteiger partial charge in [-0.15, -0.1) is 11.3 Å². The van der Waals surface area contributed by atoms with Crippen molar-refractivity contribution in [1.82, 2.24) is 0 Å². The number of rotatable bonds is 4.